The van der Waals surface area contributed by atoms with Crippen LogP contribution in [0.15, 0.2) is 24.3 Å². The van der Waals surface area contributed by atoms with Crippen LogP contribution in [0.2, 0.25) is 0 Å². The van der Waals surface area contributed by atoms with Crippen LogP contribution in [-0.2, 0) is 0 Å². The highest BCUT2D eigenvalue weighted by atomic mass is 16.5. The highest BCUT2D eigenvalue weighted by Crippen LogP contribution is 2.27. The minimum atomic E-state index is 0.553. The zero-order valence-corrected chi connectivity index (χ0v) is 13.4. The fourth-order valence-corrected chi connectivity index (χ4v) is 2.43. The lowest BCUT2D eigenvalue weighted by molar-refractivity contribution is 0.305. The molecule has 2 nitrogen and oxygen atoms in total. The number of ether oxygens (including phenoxy) is 1. The minimum Gasteiger partial charge on any atom is -0.494 e. The molecule has 0 aliphatic carbocycles. The molecule has 0 saturated carbocycles. The van der Waals surface area contributed by atoms with Gasteiger partial charge in [0.15, 0.2) is 0 Å². The molecule has 2 atom stereocenters. The molecule has 0 spiro atoms. The van der Waals surface area contributed by atoms with E-state index in [2.05, 4.69) is 45.0 Å². The molecule has 0 bridgehead atoms. The van der Waals surface area contributed by atoms with Gasteiger partial charge in [-0.05, 0) is 48.9 Å². The Morgan fingerprint density at radius 1 is 1.05 bits per heavy atom. The molecule has 2 unspecified atom stereocenters. The molecular weight excluding hydrogens is 246 g/mol. The summed E-state index contributed by atoms with van der Waals surface area (Å²) in [6.45, 7) is 8.38. The summed E-state index contributed by atoms with van der Waals surface area (Å²) in [6.07, 6.45) is 6.07. The van der Waals surface area contributed by atoms with Crippen molar-refractivity contribution in [2.24, 2.45) is 11.7 Å². The van der Waals surface area contributed by atoms with Crippen LogP contribution in [0.4, 0.5) is 0 Å². The van der Waals surface area contributed by atoms with Crippen LogP contribution >= 0.6 is 0 Å². The van der Waals surface area contributed by atoms with Gasteiger partial charge in [0, 0.05) is 0 Å². The van der Waals surface area contributed by atoms with E-state index in [0.29, 0.717) is 11.8 Å². The molecule has 2 heteroatoms. The lowest BCUT2D eigenvalue weighted by Crippen LogP contribution is -2.12. The third-order valence-electron chi connectivity index (χ3n) is 4.15. The van der Waals surface area contributed by atoms with Crippen LogP contribution < -0.4 is 10.5 Å². The number of benzene rings is 1. The molecular formula is C18H31NO. The molecule has 0 saturated heterocycles. The molecule has 0 radical (unpaired) electrons. The van der Waals surface area contributed by atoms with Crippen LogP contribution in [0.5, 0.6) is 5.75 Å². The summed E-state index contributed by atoms with van der Waals surface area (Å²) in [6, 6.07) is 8.58. The minimum absolute atomic E-state index is 0.553. The van der Waals surface area contributed by atoms with Gasteiger partial charge in [0.05, 0.1) is 6.61 Å². The van der Waals surface area contributed by atoms with Crippen LogP contribution in [0, 0.1) is 5.92 Å². The highest BCUT2D eigenvalue weighted by Gasteiger charge is 2.13. The Morgan fingerprint density at radius 2 is 1.75 bits per heavy atom. The molecule has 2 N–H and O–H groups in total. The average Bonchev–Trinajstić information content (AvgIpc) is 2.47. The summed E-state index contributed by atoms with van der Waals surface area (Å²) in [5, 5.41) is 0. The van der Waals surface area contributed by atoms with Gasteiger partial charge in [0.25, 0.3) is 0 Å². The largest absolute Gasteiger partial charge is 0.494 e. The van der Waals surface area contributed by atoms with Gasteiger partial charge in [-0.25, -0.2) is 0 Å². The maximum absolute atomic E-state index is 5.78. The number of hydrogen-bond acceptors (Lipinski definition) is 2. The monoisotopic (exact) mass is 277 g/mol. The van der Waals surface area contributed by atoms with Crippen LogP contribution in [0.1, 0.15) is 64.4 Å². The van der Waals surface area contributed by atoms with Crippen molar-refractivity contribution in [3.05, 3.63) is 29.8 Å². The first-order valence-corrected chi connectivity index (χ1v) is 8.11. The fraction of sp³-hybridized carbons (Fsp3) is 0.667. The van der Waals surface area contributed by atoms with E-state index in [0.717, 1.165) is 31.7 Å². The third-order valence-corrected chi connectivity index (χ3v) is 4.15. The summed E-state index contributed by atoms with van der Waals surface area (Å²) in [7, 11) is 0. The summed E-state index contributed by atoms with van der Waals surface area (Å²) in [5.41, 5.74) is 7.02. The van der Waals surface area contributed by atoms with Gasteiger partial charge in [-0.15, -0.1) is 0 Å². The van der Waals surface area contributed by atoms with E-state index in [1.54, 1.807) is 0 Å². The molecule has 20 heavy (non-hydrogen) atoms. The molecule has 0 aromatic heterocycles. The van der Waals surface area contributed by atoms with Crippen LogP contribution in [0.25, 0.3) is 0 Å². The SMILES string of the molecule is CCCCCCOc1ccc(C(C)C(C)CCN)cc1. The molecule has 0 aliphatic heterocycles. The molecule has 1 aromatic rings. The Morgan fingerprint density at radius 3 is 2.35 bits per heavy atom. The maximum Gasteiger partial charge on any atom is 0.119 e. The normalized spacial score (nSPS) is 14.0. The lowest BCUT2D eigenvalue weighted by atomic mass is 9.87. The summed E-state index contributed by atoms with van der Waals surface area (Å²) >= 11 is 0. The number of rotatable bonds is 10. The van der Waals surface area contributed by atoms with Gasteiger partial charge in [0.1, 0.15) is 5.75 Å². The molecule has 1 rings (SSSR count). The predicted molar refractivity (Wildman–Crippen MR) is 87.3 cm³/mol. The maximum atomic E-state index is 5.78. The Hall–Kier alpha value is -1.02. The molecule has 0 aliphatic rings. The van der Waals surface area contributed by atoms with Gasteiger partial charge in [-0.3, -0.25) is 0 Å². The zero-order chi connectivity index (χ0) is 14.8. The van der Waals surface area contributed by atoms with Crippen molar-refractivity contribution < 1.29 is 4.74 Å². The van der Waals surface area contributed by atoms with Crippen molar-refractivity contribution in [3.63, 3.8) is 0 Å². The topological polar surface area (TPSA) is 35.2 Å². The molecule has 0 heterocycles. The van der Waals surface area contributed by atoms with Crippen molar-refractivity contribution in [2.75, 3.05) is 13.2 Å². The number of hydrogen-bond donors (Lipinski definition) is 1. The third kappa shape index (κ3) is 5.96. The Bertz CT molecular complexity index is 347. The van der Waals surface area contributed by atoms with E-state index in [-0.39, 0.29) is 0 Å². The quantitative estimate of drug-likeness (QED) is 0.627. The van der Waals surface area contributed by atoms with Crippen molar-refractivity contribution >= 4 is 0 Å². The second kappa shape index (κ2) is 9.82. The van der Waals surface area contributed by atoms with Crippen LogP contribution in [0.3, 0.4) is 0 Å². The predicted octanol–water partition coefficient (Wildman–Crippen LogP) is 4.73. The number of nitrogens with two attached hydrogens (primary N) is 1. The first-order chi connectivity index (χ1) is 9.69. The van der Waals surface area contributed by atoms with Gasteiger partial charge in [-0.2, -0.15) is 0 Å². The molecule has 114 valence electrons. The van der Waals surface area contributed by atoms with Crippen molar-refractivity contribution in [1.82, 2.24) is 0 Å². The van der Waals surface area contributed by atoms with Crippen molar-refractivity contribution in [3.8, 4) is 5.75 Å². The Labute approximate surface area is 124 Å². The van der Waals surface area contributed by atoms with Crippen molar-refractivity contribution in [2.45, 2.75) is 58.8 Å². The van der Waals surface area contributed by atoms with E-state index in [9.17, 15) is 0 Å². The van der Waals surface area contributed by atoms with E-state index in [1.165, 1.54) is 24.8 Å². The van der Waals surface area contributed by atoms with Crippen molar-refractivity contribution in [1.29, 1.82) is 0 Å². The second-order valence-corrected chi connectivity index (χ2v) is 5.82. The Kier molecular flexibility index (Phi) is 8.36. The standard InChI is InChI=1S/C18H31NO/c1-4-5-6-7-14-20-18-10-8-17(9-11-18)16(3)15(2)12-13-19/h8-11,15-16H,4-7,12-14,19H2,1-3H3. The smallest absolute Gasteiger partial charge is 0.119 e. The lowest BCUT2D eigenvalue weighted by Gasteiger charge is -2.20. The van der Waals surface area contributed by atoms with Crippen LogP contribution in [-0.4, -0.2) is 13.2 Å². The Balaban J connectivity index is 2.39. The van der Waals surface area contributed by atoms with E-state index < -0.39 is 0 Å². The summed E-state index contributed by atoms with van der Waals surface area (Å²) < 4.78 is 5.78. The van der Waals surface area contributed by atoms with Gasteiger partial charge in [0.2, 0.25) is 0 Å². The van der Waals surface area contributed by atoms with Gasteiger partial charge < -0.3 is 10.5 Å². The molecule has 0 amide bonds. The summed E-state index contributed by atoms with van der Waals surface area (Å²) in [4.78, 5) is 0. The first kappa shape index (κ1) is 17.0. The zero-order valence-electron chi connectivity index (χ0n) is 13.4. The first-order valence-electron chi connectivity index (χ1n) is 8.11. The number of unbranched alkanes of at least 4 members (excludes halogenated alkanes) is 3. The molecule has 0 fully saturated rings. The second-order valence-electron chi connectivity index (χ2n) is 5.82. The van der Waals surface area contributed by atoms with E-state index in [1.807, 2.05) is 0 Å². The van der Waals surface area contributed by atoms with Gasteiger partial charge >= 0.3 is 0 Å². The van der Waals surface area contributed by atoms with E-state index >= 15 is 0 Å². The summed E-state index contributed by atoms with van der Waals surface area (Å²) in [5.74, 6) is 2.17. The average molecular weight is 277 g/mol. The molecule has 1 aromatic carbocycles. The highest BCUT2D eigenvalue weighted by molar-refractivity contribution is 5.29. The van der Waals surface area contributed by atoms with Gasteiger partial charge in [-0.1, -0.05) is 52.2 Å². The van der Waals surface area contributed by atoms with E-state index in [4.69, 9.17) is 10.5 Å². The fourth-order valence-electron chi connectivity index (χ4n) is 2.43.